The molecular formula is C15H18N6O2. The topological polar surface area (TPSA) is 111 Å². The van der Waals surface area contributed by atoms with Gasteiger partial charge in [-0.15, -0.1) is 0 Å². The highest BCUT2D eigenvalue weighted by atomic mass is 16.3. The third-order valence-electron chi connectivity index (χ3n) is 3.65. The van der Waals surface area contributed by atoms with E-state index < -0.39 is 0 Å². The molecule has 8 heteroatoms. The number of carbonyl (C=O) groups is 1. The molecule has 1 aliphatic rings. The Bertz CT molecular complexity index is 675. The zero-order chi connectivity index (χ0) is 16.2. The van der Waals surface area contributed by atoms with Gasteiger partial charge in [0.15, 0.2) is 11.7 Å². The van der Waals surface area contributed by atoms with Crippen LogP contribution in [0.1, 0.15) is 10.6 Å². The quantitative estimate of drug-likeness (QED) is 0.574. The second kappa shape index (κ2) is 6.39. The minimum absolute atomic E-state index is 0.0800. The van der Waals surface area contributed by atoms with E-state index >= 15 is 0 Å². The first-order valence-electron chi connectivity index (χ1n) is 7.28. The van der Waals surface area contributed by atoms with Crippen LogP contribution in [0.4, 0.5) is 11.5 Å². The zero-order valence-electron chi connectivity index (χ0n) is 12.5. The van der Waals surface area contributed by atoms with Crippen molar-refractivity contribution in [3.63, 3.8) is 0 Å². The molecular weight excluding hydrogens is 296 g/mol. The Labute approximate surface area is 133 Å². The van der Waals surface area contributed by atoms with Gasteiger partial charge >= 0.3 is 0 Å². The second-order valence-corrected chi connectivity index (χ2v) is 5.20. The lowest BCUT2D eigenvalue weighted by Crippen LogP contribution is -2.49. The highest BCUT2D eigenvalue weighted by molar-refractivity contribution is 5.91. The maximum absolute atomic E-state index is 12.2. The number of piperazine rings is 1. The van der Waals surface area contributed by atoms with Crippen LogP contribution in [-0.4, -0.2) is 47.9 Å². The van der Waals surface area contributed by atoms with Crippen LogP contribution in [-0.2, 0) is 0 Å². The molecule has 120 valence electrons. The van der Waals surface area contributed by atoms with Gasteiger partial charge in [0.2, 0.25) is 0 Å². The van der Waals surface area contributed by atoms with Crippen LogP contribution in [0.5, 0.6) is 0 Å². The van der Waals surface area contributed by atoms with Crippen molar-refractivity contribution in [1.82, 2.24) is 9.88 Å². The monoisotopic (exact) mass is 314 g/mol. The summed E-state index contributed by atoms with van der Waals surface area (Å²) in [5.41, 5.74) is 5.95. The molecule has 0 radical (unpaired) electrons. The van der Waals surface area contributed by atoms with Gasteiger partial charge in [0.25, 0.3) is 5.91 Å². The van der Waals surface area contributed by atoms with E-state index in [-0.39, 0.29) is 11.9 Å². The van der Waals surface area contributed by atoms with E-state index in [4.69, 9.17) is 15.6 Å². The molecule has 23 heavy (non-hydrogen) atoms. The predicted molar refractivity (Wildman–Crippen MR) is 86.6 cm³/mol. The lowest BCUT2D eigenvalue weighted by atomic mass is 10.2. The van der Waals surface area contributed by atoms with Crippen molar-refractivity contribution in [2.45, 2.75) is 0 Å². The Morgan fingerprint density at radius 2 is 2.04 bits per heavy atom. The lowest BCUT2D eigenvalue weighted by molar-refractivity contribution is 0.0714. The van der Waals surface area contributed by atoms with E-state index in [2.05, 4.69) is 15.2 Å². The number of pyridine rings is 1. The average Bonchev–Trinajstić information content (AvgIpc) is 3.09. The molecule has 3 heterocycles. The summed E-state index contributed by atoms with van der Waals surface area (Å²) >= 11 is 0. The number of carbonyl (C=O) groups excluding carboxylic acids is 1. The van der Waals surface area contributed by atoms with E-state index in [1.54, 1.807) is 23.2 Å². The van der Waals surface area contributed by atoms with Crippen molar-refractivity contribution in [2.24, 2.45) is 5.73 Å². The van der Waals surface area contributed by atoms with E-state index in [0.717, 1.165) is 5.82 Å². The van der Waals surface area contributed by atoms with Gasteiger partial charge in [-0.1, -0.05) is 0 Å². The first kappa shape index (κ1) is 14.9. The molecule has 4 N–H and O–H groups in total. The molecule has 2 aromatic rings. The van der Waals surface area contributed by atoms with Crippen molar-refractivity contribution >= 4 is 23.4 Å². The van der Waals surface area contributed by atoms with Gasteiger partial charge in [-0.3, -0.25) is 10.2 Å². The molecule has 1 fully saturated rings. The molecule has 0 bridgehead atoms. The maximum Gasteiger partial charge on any atom is 0.289 e. The van der Waals surface area contributed by atoms with Crippen LogP contribution in [0, 0.1) is 5.41 Å². The summed E-state index contributed by atoms with van der Waals surface area (Å²) in [6, 6.07) is 7.08. The smallest absolute Gasteiger partial charge is 0.289 e. The Kier molecular flexibility index (Phi) is 4.13. The van der Waals surface area contributed by atoms with E-state index in [1.807, 2.05) is 12.1 Å². The Morgan fingerprint density at radius 3 is 2.61 bits per heavy atom. The van der Waals surface area contributed by atoms with Crippen molar-refractivity contribution < 1.29 is 9.21 Å². The van der Waals surface area contributed by atoms with Gasteiger partial charge in [-0.2, -0.15) is 0 Å². The molecule has 1 amide bonds. The van der Waals surface area contributed by atoms with Gasteiger partial charge in [-0.25, -0.2) is 4.98 Å². The molecule has 0 unspecified atom stereocenters. The number of nitrogens with two attached hydrogens (primary N) is 1. The standard InChI is InChI=1S/C15H18N6O2/c16-15(17)19-11-3-4-13(18-10-11)20-5-7-21(8-6-20)14(22)12-2-1-9-23-12/h1-4,9-10H,5-8H2,(H4,16,17,19). The fourth-order valence-electron chi connectivity index (χ4n) is 2.50. The van der Waals surface area contributed by atoms with Crippen LogP contribution in [0.15, 0.2) is 41.1 Å². The molecule has 0 aliphatic carbocycles. The van der Waals surface area contributed by atoms with Crippen LogP contribution in [0.3, 0.4) is 0 Å². The number of hydrogen-bond acceptors (Lipinski definition) is 5. The highest BCUT2D eigenvalue weighted by Gasteiger charge is 2.24. The SMILES string of the molecule is N=C(N)Nc1ccc(N2CCN(C(=O)c3ccco3)CC2)nc1. The summed E-state index contributed by atoms with van der Waals surface area (Å²) in [5.74, 6) is 1.01. The summed E-state index contributed by atoms with van der Waals surface area (Å²) in [6.45, 7) is 2.65. The van der Waals surface area contributed by atoms with Crippen molar-refractivity contribution in [2.75, 3.05) is 36.4 Å². The predicted octanol–water partition coefficient (Wildman–Crippen LogP) is 0.942. The van der Waals surface area contributed by atoms with Crippen LogP contribution >= 0.6 is 0 Å². The van der Waals surface area contributed by atoms with Gasteiger partial charge < -0.3 is 25.3 Å². The highest BCUT2D eigenvalue weighted by Crippen LogP contribution is 2.17. The second-order valence-electron chi connectivity index (χ2n) is 5.20. The summed E-state index contributed by atoms with van der Waals surface area (Å²) in [6.07, 6.45) is 3.14. The van der Waals surface area contributed by atoms with Gasteiger partial charge in [0.05, 0.1) is 18.1 Å². The molecule has 1 aliphatic heterocycles. The molecule has 8 nitrogen and oxygen atoms in total. The third-order valence-corrected chi connectivity index (χ3v) is 3.65. The van der Waals surface area contributed by atoms with Crippen LogP contribution in [0.25, 0.3) is 0 Å². The van der Waals surface area contributed by atoms with E-state index in [1.165, 1.54) is 6.26 Å². The first-order chi connectivity index (χ1) is 11.1. The molecule has 1 saturated heterocycles. The van der Waals surface area contributed by atoms with Crippen molar-refractivity contribution in [3.8, 4) is 0 Å². The molecule has 0 saturated carbocycles. The number of nitrogens with one attached hydrogen (secondary N) is 2. The van der Waals surface area contributed by atoms with E-state index in [9.17, 15) is 4.79 Å². The number of hydrogen-bond donors (Lipinski definition) is 3. The summed E-state index contributed by atoms with van der Waals surface area (Å²) in [5, 5.41) is 9.88. The lowest BCUT2D eigenvalue weighted by Gasteiger charge is -2.35. The summed E-state index contributed by atoms with van der Waals surface area (Å²) in [7, 11) is 0. The summed E-state index contributed by atoms with van der Waals surface area (Å²) < 4.78 is 5.15. The minimum atomic E-state index is -0.121. The number of aromatic nitrogens is 1. The summed E-state index contributed by atoms with van der Waals surface area (Å²) in [4.78, 5) is 20.5. The van der Waals surface area contributed by atoms with Gasteiger partial charge in [-0.05, 0) is 24.3 Å². The number of rotatable bonds is 3. The average molecular weight is 314 g/mol. The number of guanidine groups is 1. The molecule has 0 aromatic carbocycles. The molecule has 2 aromatic heterocycles. The first-order valence-corrected chi connectivity index (χ1v) is 7.28. The van der Waals surface area contributed by atoms with Gasteiger partial charge in [0.1, 0.15) is 5.82 Å². The zero-order valence-corrected chi connectivity index (χ0v) is 12.5. The fraction of sp³-hybridized carbons (Fsp3) is 0.267. The molecule has 0 atom stereocenters. The molecule has 0 spiro atoms. The Hall–Kier alpha value is -3.03. The fourth-order valence-corrected chi connectivity index (χ4v) is 2.50. The normalized spacial score (nSPS) is 14.6. The van der Waals surface area contributed by atoms with Crippen molar-refractivity contribution in [3.05, 3.63) is 42.5 Å². The van der Waals surface area contributed by atoms with Crippen LogP contribution in [0.2, 0.25) is 0 Å². The minimum Gasteiger partial charge on any atom is -0.459 e. The van der Waals surface area contributed by atoms with Crippen LogP contribution < -0.4 is 16.0 Å². The van der Waals surface area contributed by atoms with E-state index in [0.29, 0.717) is 37.6 Å². The largest absolute Gasteiger partial charge is 0.459 e. The number of anilines is 2. The third kappa shape index (κ3) is 3.42. The number of nitrogens with zero attached hydrogens (tertiary/aromatic N) is 3. The number of furan rings is 1. The maximum atomic E-state index is 12.2. The molecule has 3 rings (SSSR count). The van der Waals surface area contributed by atoms with Gasteiger partial charge in [0, 0.05) is 26.2 Å². The Morgan fingerprint density at radius 1 is 1.26 bits per heavy atom. The van der Waals surface area contributed by atoms with Crippen molar-refractivity contribution in [1.29, 1.82) is 5.41 Å². The number of amides is 1. The Balaban J connectivity index is 1.58.